The second kappa shape index (κ2) is 26.9. The molecule has 0 bridgehead atoms. The number of rotatable bonds is 25. The van der Waals surface area contributed by atoms with E-state index >= 15 is 0 Å². The first-order valence-electron chi connectivity index (χ1n) is 26.0. The Morgan fingerprint density at radius 3 is 1.85 bits per heavy atom. The number of para-hydroxylation sites is 1. The molecule has 8 rings (SSSR count). The van der Waals surface area contributed by atoms with Crippen molar-refractivity contribution in [3.05, 3.63) is 97.1 Å². The highest BCUT2D eigenvalue weighted by Crippen LogP contribution is 2.35. The van der Waals surface area contributed by atoms with Crippen LogP contribution < -0.4 is 20.1 Å². The number of Topliss-reactive ketones (excluding diaryl/α,β-unsaturated/α-hetero) is 2. The van der Waals surface area contributed by atoms with Crippen LogP contribution in [-0.2, 0) is 19.2 Å². The third-order valence-electron chi connectivity index (χ3n) is 13.8. The van der Waals surface area contributed by atoms with Crippen molar-refractivity contribution in [1.82, 2.24) is 40.4 Å². The molecule has 17 heteroatoms. The minimum Gasteiger partial charge on any atom is -0.481 e. The molecule has 6 aromatic rings. The van der Waals surface area contributed by atoms with Gasteiger partial charge in [-0.25, -0.2) is 24.3 Å². The Bertz CT molecular complexity index is 2770. The molecule has 0 aliphatic carbocycles. The SMILES string of the molecule is CCC(=O)CCCCCC(NC(=O)C1CN(C)C1)c1ncc(-c2ccc(-c3ccc(OC)nc3)cc2)o1.CCC(=O)CCCCC[C@H](NC(=O)[C@@H]1C[C@H](F)CN1C)c1ncc(-c2cc3ccccc3nc2OC)o1. The third-order valence-corrected chi connectivity index (χ3v) is 13.8. The number of hydrogen-bond donors (Lipinski definition) is 2. The lowest BCUT2D eigenvalue weighted by molar-refractivity contribution is -0.130. The fourth-order valence-corrected chi connectivity index (χ4v) is 9.31. The van der Waals surface area contributed by atoms with Gasteiger partial charge in [0, 0.05) is 80.5 Å². The Kier molecular flexibility index (Phi) is 20.0. The third kappa shape index (κ3) is 14.9. The summed E-state index contributed by atoms with van der Waals surface area (Å²) in [7, 11) is 6.92. The van der Waals surface area contributed by atoms with E-state index in [1.807, 2.05) is 87.6 Å². The van der Waals surface area contributed by atoms with Gasteiger partial charge in [0.25, 0.3) is 0 Å². The van der Waals surface area contributed by atoms with E-state index in [1.54, 1.807) is 44.8 Å². The van der Waals surface area contributed by atoms with Gasteiger partial charge < -0.3 is 33.8 Å². The molecule has 2 fully saturated rings. The highest BCUT2D eigenvalue weighted by molar-refractivity contribution is 5.85. The van der Waals surface area contributed by atoms with E-state index < -0.39 is 18.3 Å². The van der Waals surface area contributed by atoms with E-state index in [-0.39, 0.29) is 42.5 Å². The predicted octanol–water partition coefficient (Wildman–Crippen LogP) is 10.1. The fourth-order valence-electron chi connectivity index (χ4n) is 9.31. The van der Waals surface area contributed by atoms with Gasteiger partial charge in [-0.3, -0.25) is 24.1 Å². The highest BCUT2D eigenvalue weighted by Gasteiger charge is 2.36. The summed E-state index contributed by atoms with van der Waals surface area (Å²) in [6, 6.07) is 20.2. The molecule has 0 radical (unpaired) electrons. The lowest BCUT2D eigenvalue weighted by atomic mass is 9.99. The Morgan fingerprint density at radius 2 is 1.28 bits per heavy atom. The molecular weight excluding hydrogens is 944 g/mol. The van der Waals surface area contributed by atoms with Crippen LogP contribution in [0.4, 0.5) is 4.39 Å². The first kappa shape index (κ1) is 54.9. The number of nitrogens with zero attached hydrogens (tertiary/aromatic N) is 6. The maximum atomic E-state index is 13.9. The van der Waals surface area contributed by atoms with E-state index in [4.69, 9.17) is 18.3 Å². The zero-order valence-corrected chi connectivity index (χ0v) is 43.6. The van der Waals surface area contributed by atoms with Crippen LogP contribution >= 0.6 is 0 Å². The number of pyridine rings is 2. The summed E-state index contributed by atoms with van der Waals surface area (Å²) in [5.74, 6) is 3.40. The average molecular weight is 1020 g/mol. The second-order valence-corrected chi connectivity index (χ2v) is 19.3. The lowest BCUT2D eigenvalue weighted by Gasteiger charge is -2.35. The molecule has 2 N–H and O–H groups in total. The number of likely N-dealkylation sites (N-methyl/N-ethyl adjacent to an activating group) is 1. The topological polar surface area (TPSA) is 195 Å². The molecule has 0 saturated carbocycles. The largest absolute Gasteiger partial charge is 0.481 e. The van der Waals surface area contributed by atoms with Crippen molar-refractivity contribution < 1.29 is 41.9 Å². The van der Waals surface area contributed by atoms with Crippen molar-refractivity contribution in [3.8, 4) is 45.5 Å². The number of alkyl halides is 1. The Morgan fingerprint density at radius 1 is 0.689 bits per heavy atom. The summed E-state index contributed by atoms with van der Waals surface area (Å²) in [6.45, 7) is 5.55. The number of fused-ring (bicyclic) bond motifs is 1. The van der Waals surface area contributed by atoms with Crippen molar-refractivity contribution in [2.75, 3.05) is 47.9 Å². The van der Waals surface area contributed by atoms with E-state index in [0.717, 1.165) is 85.6 Å². The number of hydrogen-bond acceptors (Lipinski definition) is 14. The number of oxazole rings is 2. The molecule has 1 unspecified atom stereocenters. The number of unbranched alkanes of at least 4 members (excludes halogenated alkanes) is 4. The predicted molar refractivity (Wildman–Crippen MR) is 281 cm³/mol. The van der Waals surface area contributed by atoms with E-state index in [1.165, 1.54) is 0 Å². The molecule has 2 amide bonds. The number of likely N-dealkylation sites (tertiary alicyclic amines) is 2. The molecule has 6 heterocycles. The summed E-state index contributed by atoms with van der Waals surface area (Å²) in [5, 5.41) is 7.15. The van der Waals surface area contributed by atoms with Gasteiger partial charge in [-0.2, -0.15) is 0 Å². The molecule has 394 valence electrons. The van der Waals surface area contributed by atoms with E-state index in [9.17, 15) is 23.6 Å². The number of methoxy groups -OCH3 is 2. The van der Waals surface area contributed by atoms with Crippen LogP contribution in [0.1, 0.15) is 121 Å². The zero-order valence-electron chi connectivity index (χ0n) is 43.6. The second-order valence-electron chi connectivity index (χ2n) is 19.3. The van der Waals surface area contributed by atoms with Crippen LogP contribution in [0.15, 0.2) is 94.2 Å². The van der Waals surface area contributed by atoms with Gasteiger partial charge in [-0.15, -0.1) is 0 Å². The number of nitrogens with one attached hydrogen (secondary N) is 2. The van der Waals surface area contributed by atoms with E-state index in [0.29, 0.717) is 78.5 Å². The smallest absolute Gasteiger partial charge is 0.238 e. The summed E-state index contributed by atoms with van der Waals surface area (Å²) in [4.78, 5) is 70.8. The standard InChI is InChI=1S/C29H36N4O4.C28H35FN4O4/c1-4-24(34)8-6-5-7-9-25(32-28(35)23-18-33(2)19-23)29-31-17-26(37-29)21-12-10-20(11-13-21)22-14-15-27(36-3)30-16-22;1-4-20(34)11-6-5-7-13-23(31-26(35)24-15-19(29)17-33(24)2)28-30-16-25(37-28)21-14-18-10-8-9-12-22(18)32-27(21)36-3/h10-17,23,25H,4-9,18-19H2,1-3H3,(H,32,35);8-10,12,14,16,19,23-24H,4-7,11,13,15,17H2,1-3H3,(H,31,35)/t;19-,23-,24-/m.0/s1. The Balaban J connectivity index is 0.000000216. The monoisotopic (exact) mass is 1010 g/mol. The van der Waals surface area contributed by atoms with Gasteiger partial charge in [-0.05, 0) is 63.5 Å². The van der Waals surface area contributed by atoms with Gasteiger partial charge >= 0.3 is 0 Å². The number of carbonyl (C=O) groups is 4. The van der Waals surface area contributed by atoms with Gasteiger partial charge in [-0.1, -0.05) is 82.0 Å². The van der Waals surface area contributed by atoms with Gasteiger partial charge in [0.15, 0.2) is 11.5 Å². The molecule has 2 aliphatic rings. The molecule has 2 saturated heterocycles. The minimum atomic E-state index is -1.02. The Labute approximate surface area is 433 Å². The van der Waals surface area contributed by atoms with Crippen LogP contribution in [0.3, 0.4) is 0 Å². The van der Waals surface area contributed by atoms with Crippen LogP contribution in [-0.4, -0.2) is 113 Å². The van der Waals surface area contributed by atoms with Crippen LogP contribution in [0.2, 0.25) is 0 Å². The van der Waals surface area contributed by atoms with Gasteiger partial charge in [0.05, 0.1) is 49.7 Å². The van der Waals surface area contributed by atoms with Crippen LogP contribution in [0.5, 0.6) is 11.8 Å². The molecule has 16 nitrogen and oxygen atoms in total. The molecular formula is C57H71FN8O8. The van der Waals surface area contributed by atoms with Gasteiger partial charge in [0.1, 0.15) is 29.8 Å². The zero-order chi connectivity index (χ0) is 52.6. The quantitative estimate of drug-likeness (QED) is 0.0514. The first-order valence-corrected chi connectivity index (χ1v) is 26.0. The summed E-state index contributed by atoms with van der Waals surface area (Å²) in [6.07, 6.45) is 13.0. The van der Waals surface area contributed by atoms with Crippen molar-refractivity contribution in [1.29, 1.82) is 0 Å². The number of ketones is 2. The first-order chi connectivity index (χ1) is 35.8. The van der Waals surface area contributed by atoms with Gasteiger partial charge in [0.2, 0.25) is 35.4 Å². The summed E-state index contributed by atoms with van der Waals surface area (Å²) >= 11 is 0. The summed E-state index contributed by atoms with van der Waals surface area (Å²) < 4.78 is 36.9. The molecule has 0 spiro atoms. The summed E-state index contributed by atoms with van der Waals surface area (Å²) in [5.41, 5.74) is 4.42. The van der Waals surface area contributed by atoms with Crippen molar-refractivity contribution in [2.45, 2.75) is 122 Å². The highest BCUT2D eigenvalue weighted by atomic mass is 19.1. The van der Waals surface area contributed by atoms with Crippen molar-refractivity contribution in [2.24, 2.45) is 5.92 Å². The number of halogens is 1. The minimum absolute atomic E-state index is 0.00379. The number of amides is 2. The molecule has 74 heavy (non-hydrogen) atoms. The maximum absolute atomic E-state index is 13.9. The van der Waals surface area contributed by atoms with Crippen molar-refractivity contribution >= 4 is 34.3 Å². The maximum Gasteiger partial charge on any atom is 0.238 e. The molecule has 2 aliphatic heterocycles. The number of aromatic nitrogens is 4. The fraction of sp³-hybridized carbons (Fsp3) is 0.474. The number of benzene rings is 2. The van der Waals surface area contributed by atoms with Crippen LogP contribution in [0, 0.1) is 5.92 Å². The molecule has 4 atom stereocenters. The molecule has 4 aromatic heterocycles. The Hall–Kier alpha value is -6.85. The number of ether oxygens (including phenoxy) is 2. The lowest BCUT2D eigenvalue weighted by Crippen LogP contribution is -2.52. The average Bonchev–Trinajstić information content (AvgIpc) is 4.19. The normalized spacial score (nSPS) is 16.7. The van der Waals surface area contributed by atoms with Crippen LogP contribution in [0.25, 0.3) is 44.7 Å². The van der Waals surface area contributed by atoms with E-state index in [2.05, 4.69) is 35.5 Å². The van der Waals surface area contributed by atoms with Crippen molar-refractivity contribution in [3.63, 3.8) is 0 Å². The number of carbonyl (C=O) groups excluding carboxylic acids is 4. The molecule has 2 aromatic carbocycles.